The van der Waals surface area contributed by atoms with Crippen molar-refractivity contribution in [2.75, 3.05) is 43.8 Å². The van der Waals surface area contributed by atoms with Crippen LogP contribution in [0.5, 0.6) is 0 Å². The maximum atomic E-state index is 5.96. The van der Waals surface area contributed by atoms with Gasteiger partial charge in [-0.15, -0.1) is 0 Å². The molecule has 0 saturated carbocycles. The first-order chi connectivity index (χ1) is 16.1. The summed E-state index contributed by atoms with van der Waals surface area (Å²) in [6, 6.07) is 10.5. The van der Waals surface area contributed by atoms with Crippen molar-refractivity contribution in [3.05, 3.63) is 57.6 Å². The fourth-order valence-corrected chi connectivity index (χ4v) is 7.95. The zero-order valence-electron chi connectivity index (χ0n) is 22.7. The van der Waals surface area contributed by atoms with Gasteiger partial charge in [0, 0.05) is 50.8 Å². The largest absolute Gasteiger partial charge is 0.500 e. The van der Waals surface area contributed by atoms with Gasteiger partial charge in [-0.1, -0.05) is 35.4 Å². The maximum absolute atomic E-state index is 5.96. The first-order valence-corrected chi connectivity index (χ1v) is 14.5. The standard InChI is InChI=1S/C28H44N2O3Si/c1-10-33-34(31-8,32-9)13-11-12-26-18-29(27-22(4)14-20(2)15-23(27)5)19-30(26)28-24(6)16-21(3)17-25(28)7/h14-17,26H,10-13,18-19H2,1-9H3. The van der Waals surface area contributed by atoms with Crippen LogP contribution in [0, 0.1) is 41.5 Å². The molecule has 3 rings (SSSR count). The van der Waals surface area contributed by atoms with Crippen molar-refractivity contribution in [2.45, 2.75) is 73.4 Å². The van der Waals surface area contributed by atoms with Crippen molar-refractivity contribution < 1.29 is 13.3 Å². The van der Waals surface area contributed by atoms with Gasteiger partial charge in [0.15, 0.2) is 0 Å². The van der Waals surface area contributed by atoms with Crippen molar-refractivity contribution >= 4 is 20.2 Å². The van der Waals surface area contributed by atoms with Crippen LogP contribution in [0.1, 0.15) is 53.1 Å². The Hall–Kier alpha value is -1.86. The molecule has 0 radical (unpaired) electrons. The molecule has 0 bridgehead atoms. The van der Waals surface area contributed by atoms with Crippen LogP contribution >= 0.6 is 0 Å². The number of rotatable bonds is 10. The van der Waals surface area contributed by atoms with Crippen LogP contribution in [0.4, 0.5) is 11.4 Å². The summed E-state index contributed by atoms with van der Waals surface area (Å²) in [4.78, 5) is 5.21. The molecule has 5 nitrogen and oxygen atoms in total. The lowest BCUT2D eigenvalue weighted by Crippen LogP contribution is -2.44. The first kappa shape index (κ1) is 26.7. The lowest BCUT2D eigenvalue weighted by molar-refractivity contribution is 0.103. The minimum atomic E-state index is -2.58. The van der Waals surface area contributed by atoms with Crippen LogP contribution in [0.25, 0.3) is 0 Å². The molecule has 0 spiro atoms. The third-order valence-electron chi connectivity index (χ3n) is 7.08. The Kier molecular flexibility index (Phi) is 8.85. The van der Waals surface area contributed by atoms with Gasteiger partial charge < -0.3 is 23.1 Å². The van der Waals surface area contributed by atoms with Crippen LogP contribution < -0.4 is 9.80 Å². The molecule has 6 heteroatoms. The normalized spacial score (nSPS) is 16.6. The van der Waals surface area contributed by atoms with Gasteiger partial charge >= 0.3 is 8.80 Å². The minimum absolute atomic E-state index is 0.419. The maximum Gasteiger partial charge on any atom is 0.500 e. The molecule has 1 atom stereocenters. The summed E-state index contributed by atoms with van der Waals surface area (Å²) >= 11 is 0. The van der Waals surface area contributed by atoms with Crippen LogP contribution in [0.3, 0.4) is 0 Å². The second-order valence-electron chi connectivity index (χ2n) is 9.90. The topological polar surface area (TPSA) is 34.2 Å². The average molecular weight is 485 g/mol. The number of nitrogens with zero attached hydrogens (tertiary/aromatic N) is 2. The summed E-state index contributed by atoms with van der Waals surface area (Å²) in [6.07, 6.45) is 2.08. The molecule has 1 aliphatic rings. The summed E-state index contributed by atoms with van der Waals surface area (Å²) in [5.41, 5.74) is 10.8. The van der Waals surface area contributed by atoms with Gasteiger partial charge in [-0.3, -0.25) is 0 Å². The highest BCUT2D eigenvalue weighted by Crippen LogP contribution is 2.37. The van der Waals surface area contributed by atoms with E-state index < -0.39 is 8.80 Å². The van der Waals surface area contributed by atoms with E-state index in [2.05, 4.69) is 75.6 Å². The van der Waals surface area contributed by atoms with Crippen molar-refractivity contribution in [3.63, 3.8) is 0 Å². The second kappa shape index (κ2) is 11.3. The number of benzene rings is 2. The molecular formula is C28H44N2O3Si. The van der Waals surface area contributed by atoms with Crippen molar-refractivity contribution in [3.8, 4) is 0 Å². The molecule has 1 heterocycles. The van der Waals surface area contributed by atoms with E-state index in [9.17, 15) is 0 Å². The molecule has 1 saturated heterocycles. The van der Waals surface area contributed by atoms with Crippen LogP contribution in [0.2, 0.25) is 6.04 Å². The molecule has 188 valence electrons. The molecule has 2 aromatic carbocycles. The lowest BCUT2D eigenvalue weighted by Gasteiger charge is -2.30. The van der Waals surface area contributed by atoms with Gasteiger partial charge in [0.05, 0.1) is 6.67 Å². The van der Waals surface area contributed by atoms with Crippen LogP contribution in [-0.2, 0) is 13.3 Å². The van der Waals surface area contributed by atoms with E-state index in [1.165, 1.54) is 44.8 Å². The van der Waals surface area contributed by atoms with E-state index in [4.69, 9.17) is 13.3 Å². The highest BCUT2D eigenvalue weighted by molar-refractivity contribution is 6.60. The first-order valence-electron chi connectivity index (χ1n) is 12.6. The Morgan fingerprint density at radius 2 is 1.32 bits per heavy atom. The highest BCUT2D eigenvalue weighted by Gasteiger charge is 2.39. The van der Waals surface area contributed by atoms with E-state index in [-0.39, 0.29) is 0 Å². The number of hydrogen-bond donors (Lipinski definition) is 0. The third-order valence-corrected chi connectivity index (χ3v) is 10.0. The summed E-state index contributed by atoms with van der Waals surface area (Å²) in [5.74, 6) is 0. The Morgan fingerprint density at radius 1 is 0.824 bits per heavy atom. The number of anilines is 2. The molecule has 1 aliphatic heterocycles. The van der Waals surface area contributed by atoms with E-state index in [0.29, 0.717) is 12.6 Å². The van der Waals surface area contributed by atoms with Crippen molar-refractivity contribution in [2.24, 2.45) is 0 Å². The fourth-order valence-electron chi connectivity index (χ4n) is 5.92. The number of hydrogen-bond acceptors (Lipinski definition) is 5. The molecule has 1 unspecified atom stereocenters. The smallest absolute Gasteiger partial charge is 0.377 e. The molecule has 0 aromatic heterocycles. The van der Waals surface area contributed by atoms with E-state index in [0.717, 1.165) is 32.1 Å². The van der Waals surface area contributed by atoms with Gasteiger partial charge in [0.25, 0.3) is 0 Å². The zero-order chi connectivity index (χ0) is 25.0. The summed E-state index contributed by atoms with van der Waals surface area (Å²) in [6.45, 7) is 17.9. The third kappa shape index (κ3) is 5.68. The number of aryl methyl sites for hydroxylation is 6. The molecule has 0 amide bonds. The van der Waals surface area contributed by atoms with E-state index in [1.807, 2.05) is 6.92 Å². The molecular weight excluding hydrogens is 440 g/mol. The summed E-state index contributed by atoms with van der Waals surface area (Å²) in [7, 11) is 0.855. The molecule has 34 heavy (non-hydrogen) atoms. The monoisotopic (exact) mass is 484 g/mol. The Labute approximate surface area is 208 Å². The fraction of sp³-hybridized carbons (Fsp3) is 0.571. The lowest BCUT2D eigenvalue weighted by atomic mass is 10.0. The van der Waals surface area contributed by atoms with Crippen LogP contribution in [0.15, 0.2) is 24.3 Å². The van der Waals surface area contributed by atoms with Gasteiger partial charge in [0.1, 0.15) is 0 Å². The van der Waals surface area contributed by atoms with Gasteiger partial charge in [0.2, 0.25) is 0 Å². The van der Waals surface area contributed by atoms with E-state index in [1.54, 1.807) is 14.2 Å². The van der Waals surface area contributed by atoms with E-state index >= 15 is 0 Å². The molecule has 0 aliphatic carbocycles. The van der Waals surface area contributed by atoms with Crippen LogP contribution in [-0.4, -0.2) is 48.9 Å². The van der Waals surface area contributed by atoms with Gasteiger partial charge in [-0.25, -0.2) is 0 Å². The molecule has 2 aromatic rings. The predicted molar refractivity (Wildman–Crippen MR) is 145 cm³/mol. The average Bonchev–Trinajstić information content (AvgIpc) is 3.14. The Bertz CT molecular complexity index is 944. The summed E-state index contributed by atoms with van der Waals surface area (Å²) < 4.78 is 17.5. The predicted octanol–water partition coefficient (Wildman–Crippen LogP) is 6.24. The minimum Gasteiger partial charge on any atom is -0.377 e. The summed E-state index contributed by atoms with van der Waals surface area (Å²) in [5, 5.41) is 0. The Balaban J connectivity index is 1.90. The second-order valence-corrected chi connectivity index (χ2v) is 12.9. The van der Waals surface area contributed by atoms with Crippen molar-refractivity contribution in [1.29, 1.82) is 0 Å². The van der Waals surface area contributed by atoms with Crippen molar-refractivity contribution in [1.82, 2.24) is 0 Å². The SMILES string of the molecule is CCO[Si](CCCC1CN(c2c(C)cc(C)cc2C)CN1c1c(C)cc(C)cc1C)(OC)OC. The molecule has 0 N–H and O–H groups in total. The van der Waals surface area contributed by atoms with Gasteiger partial charge in [-0.05, 0) is 83.6 Å². The van der Waals surface area contributed by atoms with Gasteiger partial charge in [-0.2, -0.15) is 0 Å². The zero-order valence-corrected chi connectivity index (χ0v) is 23.7. The molecule has 1 fully saturated rings. The Morgan fingerprint density at radius 3 is 1.79 bits per heavy atom. The quantitative estimate of drug-likeness (QED) is 0.373. The highest BCUT2D eigenvalue weighted by atomic mass is 28.4.